The summed E-state index contributed by atoms with van der Waals surface area (Å²) in [5.74, 6) is -2.17. The fourth-order valence-electron chi connectivity index (χ4n) is 4.31. The molecular formula is C27H33BrN2O9S. The lowest BCUT2D eigenvalue weighted by atomic mass is 9.99. The predicted octanol–water partition coefficient (Wildman–Crippen LogP) is 4.06. The fourth-order valence-corrected chi connectivity index (χ4v) is 5.94. The van der Waals surface area contributed by atoms with Crippen LogP contribution in [-0.4, -0.2) is 69.7 Å². The van der Waals surface area contributed by atoms with Crippen LogP contribution < -0.4 is 4.74 Å². The zero-order valence-corrected chi connectivity index (χ0v) is 25.5. The number of aromatic nitrogens is 2. The van der Waals surface area contributed by atoms with Crippen molar-refractivity contribution >= 4 is 51.6 Å². The number of esters is 4. The quantitative estimate of drug-likeness (QED) is 0.296. The molecule has 218 valence electrons. The Labute approximate surface area is 245 Å². The summed E-state index contributed by atoms with van der Waals surface area (Å²) in [6.45, 7) is 8.72. The minimum atomic E-state index is -1.24. The van der Waals surface area contributed by atoms with Gasteiger partial charge in [-0.2, -0.15) is 0 Å². The molecule has 3 rings (SSSR count). The molecule has 2 aromatic rings. The molecule has 2 heterocycles. The van der Waals surface area contributed by atoms with E-state index in [9.17, 15) is 19.2 Å². The van der Waals surface area contributed by atoms with Gasteiger partial charge < -0.3 is 23.7 Å². The first-order chi connectivity index (χ1) is 18.8. The smallest absolute Gasteiger partial charge is 0.303 e. The molecule has 0 unspecified atom stereocenters. The van der Waals surface area contributed by atoms with Gasteiger partial charge in [-0.15, -0.1) is 16.9 Å². The van der Waals surface area contributed by atoms with E-state index in [1.54, 1.807) is 0 Å². The van der Waals surface area contributed by atoms with Gasteiger partial charge in [-0.25, -0.2) is 0 Å². The normalized spacial score (nSPS) is 22.4. The van der Waals surface area contributed by atoms with Gasteiger partial charge in [-0.1, -0.05) is 41.9 Å². The maximum atomic E-state index is 12.2. The Morgan fingerprint density at radius 1 is 0.900 bits per heavy atom. The number of H-pyrrole nitrogens is 1. The van der Waals surface area contributed by atoms with Crippen molar-refractivity contribution in [3.05, 3.63) is 45.6 Å². The number of benzene rings is 1. The monoisotopic (exact) mass is 640 g/mol. The molecule has 0 bridgehead atoms. The number of carbonyl (C=O) groups excluding carboxylic acids is 4. The third-order valence-electron chi connectivity index (χ3n) is 5.91. The highest BCUT2D eigenvalue weighted by Gasteiger charge is 2.53. The SMILES string of the molecule is CC(=O)OC[C@H]1S[C@@H](Oc2n[nH]c(C(C)C)c2Cc2ccc(Br)cc2)[C@H](OC(C)=O)[C@@H](OC(C)=O)[C@@H]1OC(C)=O. The number of carbonyl (C=O) groups is 4. The number of rotatable bonds is 10. The highest BCUT2D eigenvalue weighted by atomic mass is 79.9. The highest BCUT2D eigenvalue weighted by molar-refractivity contribution is 9.10. The lowest BCUT2D eigenvalue weighted by molar-refractivity contribution is -0.190. The van der Waals surface area contributed by atoms with E-state index in [2.05, 4.69) is 26.1 Å². The molecule has 0 aliphatic carbocycles. The van der Waals surface area contributed by atoms with E-state index in [0.717, 1.165) is 33.1 Å². The van der Waals surface area contributed by atoms with E-state index in [-0.39, 0.29) is 18.4 Å². The third-order valence-corrected chi connectivity index (χ3v) is 7.82. The van der Waals surface area contributed by atoms with E-state index in [1.807, 2.05) is 38.1 Å². The average molecular weight is 642 g/mol. The number of hydrogen-bond donors (Lipinski definition) is 1. The highest BCUT2D eigenvalue weighted by Crippen LogP contribution is 2.40. The van der Waals surface area contributed by atoms with Crippen LogP contribution in [0.15, 0.2) is 28.7 Å². The van der Waals surface area contributed by atoms with Gasteiger partial charge in [-0.3, -0.25) is 24.3 Å². The summed E-state index contributed by atoms with van der Waals surface area (Å²) in [4.78, 5) is 47.9. The van der Waals surface area contributed by atoms with Crippen LogP contribution in [0.1, 0.15) is 64.3 Å². The molecule has 1 aliphatic heterocycles. The van der Waals surface area contributed by atoms with Gasteiger partial charge in [0, 0.05) is 49.8 Å². The van der Waals surface area contributed by atoms with Crippen LogP contribution in [0.25, 0.3) is 0 Å². The summed E-state index contributed by atoms with van der Waals surface area (Å²) >= 11 is 4.58. The van der Waals surface area contributed by atoms with Crippen molar-refractivity contribution < 1.29 is 42.9 Å². The minimum Gasteiger partial charge on any atom is -0.465 e. The summed E-state index contributed by atoms with van der Waals surface area (Å²) in [5.41, 5.74) is 1.73. The van der Waals surface area contributed by atoms with Gasteiger partial charge in [0.15, 0.2) is 23.7 Å². The Kier molecular flexibility index (Phi) is 11.0. The van der Waals surface area contributed by atoms with E-state index in [0.29, 0.717) is 6.42 Å². The van der Waals surface area contributed by atoms with Crippen LogP contribution in [0.3, 0.4) is 0 Å². The number of nitrogens with zero attached hydrogens (tertiary/aromatic N) is 1. The maximum absolute atomic E-state index is 12.2. The summed E-state index contributed by atoms with van der Waals surface area (Å²) in [5, 5.41) is 6.76. The minimum absolute atomic E-state index is 0.0948. The van der Waals surface area contributed by atoms with Crippen molar-refractivity contribution in [3.8, 4) is 5.88 Å². The molecule has 40 heavy (non-hydrogen) atoms. The Hall–Kier alpha value is -3.06. The van der Waals surface area contributed by atoms with Crippen LogP contribution in [0.2, 0.25) is 0 Å². The van der Waals surface area contributed by atoms with Crippen LogP contribution in [-0.2, 0) is 44.5 Å². The topological polar surface area (TPSA) is 143 Å². The second-order valence-corrected chi connectivity index (χ2v) is 11.8. The van der Waals surface area contributed by atoms with E-state index < -0.39 is 52.9 Å². The molecule has 5 atom stereocenters. The first-order valence-corrected chi connectivity index (χ1v) is 14.4. The molecule has 0 amide bonds. The molecule has 1 fully saturated rings. The molecule has 1 aromatic heterocycles. The lowest BCUT2D eigenvalue weighted by Gasteiger charge is -2.43. The van der Waals surface area contributed by atoms with Gasteiger partial charge in [0.1, 0.15) is 6.61 Å². The van der Waals surface area contributed by atoms with Crippen molar-refractivity contribution in [2.24, 2.45) is 0 Å². The molecule has 13 heteroatoms. The molecule has 1 N–H and O–H groups in total. The number of ether oxygens (including phenoxy) is 5. The molecule has 1 saturated heterocycles. The average Bonchev–Trinajstić information content (AvgIpc) is 3.24. The van der Waals surface area contributed by atoms with E-state index in [4.69, 9.17) is 23.7 Å². The second-order valence-electron chi connectivity index (χ2n) is 9.56. The molecule has 0 spiro atoms. The van der Waals surface area contributed by atoms with Gasteiger partial charge >= 0.3 is 23.9 Å². The van der Waals surface area contributed by atoms with Crippen LogP contribution in [0.4, 0.5) is 0 Å². The summed E-state index contributed by atoms with van der Waals surface area (Å²) in [6.07, 6.45) is -3.01. The number of thioether (sulfide) groups is 1. The van der Waals surface area contributed by atoms with Gasteiger partial charge in [-0.05, 0) is 23.6 Å². The Morgan fingerprint density at radius 2 is 1.48 bits per heavy atom. The van der Waals surface area contributed by atoms with Gasteiger partial charge in [0.2, 0.25) is 5.88 Å². The third kappa shape index (κ3) is 8.47. The summed E-state index contributed by atoms with van der Waals surface area (Å²) in [7, 11) is 0. The first-order valence-electron chi connectivity index (χ1n) is 12.6. The molecule has 1 aliphatic rings. The summed E-state index contributed by atoms with van der Waals surface area (Å²) < 4.78 is 29.2. The van der Waals surface area contributed by atoms with Crippen molar-refractivity contribution in [3.63, 3.8) is 0 Å². The van der Waals surface area contributed by atoms with Crippen LogP contribution in [0.5, 0.6) is 5.88 Å². The fraction of sp³-hybridized carbons (Fsp3) is 0.519. The van der Waals surface area contributed by atoms with Crippen molar-refractivity contribution in [2.45, 2.75) is 82.9 Å². The van der Waals surface area contributed by atoms with Crippen molar-refractivity contribution in [2.75, 3.05) is 6.61 Å². The molecule has 0 radical (unpaired) electrons. The molecule has 11 nitrogen and oxygen atoms in total. The molecule has 1 aromatic carbocycles. The number of halogens is 1. The van der Waals surface area contributed by atoms with E-state index in [1.165, 1.54) is 27.7 Å². The van der Waals surface area contributed by atoms with Crippen LogP contribution in [0, 0.1) is 0 Å². The first kappa shape index (κ1) is 31.5. The Balaban J connectivity index is 2.04. The lowest BCUT2D eigenvalue weighted by Crippen LogP contribution is -2.59. The number of nitrogens with one attached hydrogen (secondary N) is 1. The zero-order valence-electron chi connectivity index (χ0n) is 23.1. The number of hydrogen-bond acceptors (Lipinski definition) is 11. The van der Waals surface area contributed by atoms with Crippen molar-refractivity contribution in [1.29, 1.82) is 0 Å². The van der Waals surface area contributed by atoms with Gasteiger partial charge in [0.05, 0.1) is 5.25 Å². The maximum Gasteiger partial charge on any atom is 0.303 e. The predicted molar refractivity (Wildman–Crippen MR) is 149 cm³/mol. The second kappa shape index (κ2) is 14.0. The Bertz CT molecular complexity index is 1220. The Morgan fingerprint density at radius 3 is 2.02 bits per heavy atom. The van der Waals surface area contributed by atoms with Gasteiger partial charge in [0.25, 0.3) is 0 Å². The molecular weight excluding hydrogens is 608 g/mol. The summed E-state index contributed by atoms with van der Waals surface area (Å²) in [6, 6.07) is 7.85. The molecule has 0 saturated carbocycles. The van der Waals surface area contributed by atoms with Crippen molar-refractivity contribution in [1.82, 2.24) is 10.2 Å². The standard InChI is InChI=1S/C27H33BrN2O9S/c1-13(2)22-20(11-18-7-9-19(28)10-8-18)26(30-29-22)39-27-25(38-17(6)34)24(37-16(5)33)23(36-15(4)32)21(40-27)12-35-14(3)31/h7-10,13,21,23-25,27H,11-12H2,1-6H3,(H,29,30)/t21-,23-,24+,25-,27-/m1/s1. The number of aromatic amines is 1. The largest absolute Gasteiger partial charge is 0.465 e. The van der Waals surface area contributed by atoms with Crippen LogP contribution >= 0.6 is 27.7 Å². The zero-order chi connectivity index (χ0) is 29.6. The van der Waals surface area contributed by atoms with E-state index >= 15 is 0 Å².